The lowest BCUT2D eigenvalue weighted by atomic mass is 10.1. The lowest BCUT2D eigenvalue weighted by Gasteiger charge is -2.30. The zero-order valence-corrected chi connectivity index (χ0v) is 13.5. The molecule has 21 heavy (non-hydrogen) atoms. The SMILES string of the molecule is CCC1CN(C)CCCN1C(=O)c1ccc(C(N)=S)cc1. The van der Waals surface area contributed by atoms with Crippen molar-refractivity contribution in [1.29, 1.82) is 0 Å². The number of nitrogens with zero attached hydrogens (tertiary/aromatic N) is 2. The Balaban J connectivity index is 2.18. The van der Waals surface area contributed by atoms with E-state index in [2.05, 4.69) is 18.9 Å². The highest BCUT2D eigenvalue weighted by molar-refractivity contribution is 7.80. The number of hydrogen-bond acceptors (Lipinski definition) is 3. The van der Waals surface area contributed by atoms with Crippen molar-refractivity contribution >= 4 is 23.1 Å². The summed E-state index contributed by atoms with van der Waals surface area (Å²) in [4.78, 5) is 17.4. The van der Waals surface area contributed by atoms with Crippen LogP contribution in [0.5, 0.6) is 0 Å². The van der Waals surface area contributed by atoms with Crippen LogP contribution in [0.25, 0.3) is 0 Å². The molecule has 1 atom stereocenters. The molecule has 1 amide bonds. The second kappa shape index (κ2) is 7.00. The summed E-state index contributed by atoms with van der Waals surface area (Å²) in [5, 5.41) is 0. The average Bonchev–Trinajstić information content (AvgIpc) is 2.67. The van der Waals surface area contributed by atoms with Crippen LogP contribution >= 0.6 is 12.2 Å². The first kappa shape index (κ1) is 15.9. The summed E-state index contributed by atoms with van der Waals surface area (Å²) >= 11 is 4.94. The van der Waals surface area contributed by atoms with Gasteiger partial charge in [-0.3, -0.25) is 4.79 Å². The average molecular weight is 305 g/mol. The van der Waals surface area contributed by atoms with Crippen LogP contribution in [-0.2, 0) is 0 Å². The standard InChI is InChI=1S/C16H23N3OS/c1-3-14-11-18(2)9-4-10-19(14)16(20)13-7-5-12(6-8-13)15(17)21/h5-8,14H,3-4,9-11H2,1-2H3,(H2,17,21). The predicted octanol–water partition coefficient (Wildman–Crippen LogP) is 1.88. The van der Waals surface area contributed by atoms with Gasteiger partial charge in [0.05, 0.1) is 0 Å². The van der Waals surface area contributed by atoms with Crippen LogP contribution in [0.2, 0.25) is 0 Å². The Hall–Kier alpha value is -1.46. The molecular formula is C16H23N3OS. The van der Waals surface area contributed by atoms with Gasteiger partial charge in [0.15, 0.2) is 0 Å². The molecule has 0 bridgehead atoms. The molecule has 1 fully saturated rings. The molecule has 1 heterocycles. The van der Waals surface area contributed by atoms with E-state index in [1.807, 2.05) is 29.2 Å². The van der Waals surface area contributed by atoms with Crippen LogP contribution in [-0.4, -0.2) is 53.4 Å². The van der Waals surface area contributed by atoms with Crippen molar-refractivity contribution in [2.24, 2.45) is 5.73 Å². The van der Waals surface area contributed by atoms with Crippen molar-refractivity contribution in [2.75, 3.05) is 26.7 Å². The van der Waals surface area contributed by atoms with Gasteiger partial charge < -0.3 is 15.5 Å². The fraction of sp³-hybridized carbons (Fsp3) is 0.500. The molecule has 5 heteroatoms. The first-order valence-corrected chi connectivity index (χ1v) is 7.83. The van der Waals surface area contributed by atoms with Gasteiger partial charge in [-0.2, -0.15) is 0 Å². The van der Waals surface area contributed by atoms with Gasteiger partial charge in [0.2, 0.25) is 0 Å². The Morgan fingerprint density at radius 3 is 2.48 bits per heavy atom. The van der Waals surface area contributed by atoms with Gasteiger partial charge in [0.25, 0.3) is 5.91 Å². The third-order valence-electron chi connectivity index (χ3n) is 4.05. The van der Waals surface area contributed by atoms with E-state index in [4.69, 9.17) is 18.0 Å². The molecule has 0 radical (unpaired) electrons. The molecule has 1 unspecified atom stereocenters. The van der Waals surface area contributed by atoms with E-state index in [1.54, 1.807) is 0 Å². The second-order valence-electron chi connectivity index (χ2n) is 5.62. The monoisotopic (exact) mass is 305 g/mol. The highest BCUT2D eigenvalue weighted by Crippen LogP contribution is 2.16. The molecule has 1 aromatic carbocycles. The van der Waals surface area contributed by atoms with Gasteiger partial charge in [0.1, 0.15) is 4.99 Å². The summed E-state index contributed by atoms with van der Waals surface area (Å²) < 4.78 is 0. The van der Waals surface area contributed by atoms with Crippen LogP contribution in [0.3, 0.4) is 0 Å². The number of amides is 1. The smallest absolute Gasteiger partial charge is 0.254 e. The Morgan fingerprint density at radius 1 is 1.29 bits per heavy atom. The Morgan fingerprint density at radius 2 is 1.90 bits per heavy atom. The Bertz CT molecular complexity index is 515. The van der Waals surface area contributed by atoms with Crippen LogP contribution in [0.1, 0.15) is 35.7 Å². The summed E-state index contributed by atoms with van der Waals surface area (Å²) in [6.45, 7) is 4.94. The molecule has 2 N–H and O–H groups in total. The van der Waals surface area contributed by atoms with Crippen molar-refractivity contribution in [2.45, 2.75) is 25.8 Å². The number of carbonyl (C=O) groups is 1. The zero-order valence-electron chi connectivity index (χ0n) is 12.7. The van der Waals surface area contributed by atoms with Gasteiger partial charge in [-0.05, 0) is 38.6 Å². The van der Waals surface area contributed by atoms with Gasteiger partial charge in [-0.15, -0.1) is 0 Å². The molecule has 1 aliphatic heterocycles. The molecule has 1 aromatic rings. The van der Waals surface area contributed by atoms with E-state index in [1.165, 1.54) is 0 Å². The fourth-order valence-corrected chi connectivity index (χ4v) is 2.94. The Labute approximate surface area is 131 Å². The lowest BCUT2D eigenvalue weighted by molar-refractivity contribution is 0.0675. The predicted molar refractivity (Wildman–Crippen MR) is 89.6 cm³/mol. The van der Waals surface area contributed by atoms with Crippen LogP contribution in [0.4, 0.5) is 0 Å². The Kier molecular flexibility index (Phi) is 5.31. The summed E-state index contributed by atoms with van der Waals surface area (Å²) in [5.74, 6) is 0.103. The molecule has 0 spiro atoms. The maximum Gasteiger partial charge on any atom is 0.254 e. The van der Waals surface area contributed by atoms with Crippen molar-refractivity contribution in [1.82, 2.24) is 9.80 Å². The van der Waals surface area contributed by atoms with Crippen LogP contribution < -0.4 is 5.73 Å². The number of hydrogen-bond donors (Lipinski definition) is 1. The minimum Gasteiger partial charge on any atom is -0.389 e. The summed E-state index contributed by atoms with van der Waals surface area (Å²) in [6, 6.07) is 7.55. The topological polar surface area (TPSA) is 49.6 Å². The molecule has 114 valence electrons. The molecule has 2 rings (SSSR count). The molecule has 1 aliphatic rings. The van der Waals surface area contributed by atoms with Gasteiger partial charge in [-0.1, -0.05) is 31.3 Å². The van der Waals surface area contributed by atoms with Crippen molar-refractivity contribution in [3.05, 3.63) is 35.4 Å². The first-order valence-electron chi connectivity index (χ1n) is 7.42. The fourth-order valence-electron chi connectivity index (χ4n) is 2.80. The van der Waals surface area contributed by atoms with Crippen molar-refractivity contribution < 1.29 is 4.79 Å². The first-order chi connectivity index (χ1) is 10.0. The van der Waals surface area contributed by atoms with E-state index in [9.17, 15) is 4.79 Å². The number of likely N-dealkylation sites (N-methyl/N-ethyl adjacent to an activating group) is 1. The minimum atomic E-state index is 0.103. The zero-order chi connectivity index (χ0) is 15.4. The molecule has 0 saturated carbocycles. The molecule has 0 aliphatic carbocycles. The van der Waals surface area contributed by atoms with Crippen LogP contribution in [0.15, 0.2) is 24.3 Å². The van der Waals surface area contributed by atoms with Crippen molar-refractivity contribution in [3.63, 3.8) is 0 Å². The van der Waals surface area contributed by atoms with E-state index in [-0.39, 0.29) is 11.9 Å². The second-order valence-corrected chi connectivity index (χ2v) is 6.06. The molecule has 0 aromatic heterocycles. The summed E-state index contributed by atoms with van der Waals surface area (Å²) in [6.07, 6.45) is 1.99. The minimum absolute atomic E-state index is 0.103. The number of carbonyl (C=O) groups excluding carboxylic acids is 1. The molecule has 1 saturated heterocycles. The molecule has 4 nitrogen and oxygen atoms in total. The van der Waals surface area contributed by atoms with Gasteiger partial charge >= 0.3 is 0 Å². The highest BCUT2D eigenvalue weighted by Gasteiger charge is 2.26. The normalized spacial score (nSPS) is 20.1. The quantitative estimate of drug-likeness (QED) is 0.866. The van der Waals surface area contributed by atoms with E-state index >= 15 is 0 Å². The summed E-state index contributed by atoms with van der Waals surface area (Å²) in [7, 11) is 2.12. The summed E-state index contributed by atoms with van der Waals surface area (Å²) in [5.41, 5.74) is 7.09. The third kappa shape index (κ3) is 3.80. The number of thiocarbonyl (C=S) groups is 1. The largest absolute Gasteiger partial charge is 0.389 e. The number of nitrogens with two attached hydrogens (primary N) is 1. The maximum absolute atomic E-state index is 12.8. The number of rotatable bonds is 3. The van der Waals surface area contributed by atoms with E-state index in [0.717, 1.165) is 38.0 Å². The van der Waals surface area contributed by atoms with Crippen molar-refractivity contribution in [3.8, 4) is 0 Å². The van der Waals surface area contributed by atoms with E-state index in [0.29, 0.717) is 10.6 Å². The highest BCUT2D eigenvalue weighted by atomic mass is 32.1. The van der Waals surface area contributed by atoms with E-state index < -0.39 is 0 Å². The third-order valence-corrected chi connectivity index (χ3v) is 4.29. The van der Waals surface area contributed by atoms with Gasteiger partial charge in [-0.25, -0.2) is 0 Å². The lowest BCUT2D eigenvalue weighted by Crippen LogP contribution is -2.43. The molecular weight excluding hydrogens is 282 g/mol. The van der Waals surface area contributed by atoms with Crippen LogP contribution in [0, 0.1) is 0 Å². The number of benzene rings is 1. The maximum atomic E-state index is 12.8. The van der Waals surface area contributed by atoms with Gasteiger partial charge in [0, 0.05) is 30.3 Å².